The number of aromatic nitrogens is 3. The summed E-state index contributed by atoms with van der Waals surface area (Å²) >= 11 is 0. The van der Waals surface area contributed by atoms with E-state index >= 15 is 0 Å². The van der Waals surface area contributed by atoms with Crippen LogP contribution >= 0.6 is 0 Å². The molecule has 0 unspecified atom stereocenters. The molecule has 2 N–H and O–H groups in total. The molecular formula is C14H24N4O4. The molecule has 1 amide bonds. The van der Waals surface area contributed by atoms with E-state index in [4.69, 9.17) is 4.74 Å². The molecule has 1 aromatic rings. The molecule has 124 valence electrons. The first-order valence-corrected chi connectivity index (χ1v) is 7.50. The van der Waals surface area contributed by atoms with E-state index in [1.54, 1.807) is 7.05 Å². The number of rotatable bonds is 5. The number of nitrogens with zero attached hydrogens (tertiary/aromatic N) is 4. The highest BCUT2D eigenvalue weighted by Gasteiger charge is 2.42. The summed E-state index contributed by atoms with van der Waals surface area (Å²) in [6.45, 7) is 2.60. The van der Waals surface area contributed by atoms with Crippen LogP contribution in [0, 0.1) is 5.41 Å². The number of aliphatic hydroxyl groups excluding tert-OH is 2. The van der Waals surface area contributed by atoms with Gasteiger partial charge in [-0.2, -0.15) is 4.98 Å². The Kier molecular flexibility index (Phi) is 5.02. The van der Waals surface area contributed by atoms with Crippen molar-refractivity contribution in [3.63, 3.8) is 0 Å². The number of hydrogen-bond donors (Lipinski definition) is 2. The van der Waals surface area contributed by atoms with Crippen LogP contribution in [0.2, 0.25) is 0 Å². The number of carbonyl (C=O) groups is 1. The van der Waals surface area contributed by atoms with Gasteiger partial charge in [-0.1, -0.05) is 13.3 Å². The molecule has 2 heterocycles. The lowest BCUT2D eigenvalue weighted by molar-refractivity contribution is -0.0715. The first-order chi connectivity index (χ1) is 10.5. The summed E-state index contributed by atoms with van der Waals surface area (Å²) in [5, 5.41) is 24.1. The normalized spacial score (nSPS) is 25.3. The predicted octanol–water partition coefficient (Wildman–Crippen LogP) is -0.191. The molecule has 8 nitrogen and oxygen atoms in total. The molecule has 0 radical (unpaired) electrons. The number of ether oxygens (including phenoxy) is 1. The van der Waals surface area contributed by atoms with Crippen molar-refractivity contribution in [2.45, 2.75) is 32.3 Å². The summed E-state index contributed by atoms with van der Waals surface area (Å²) in [6.07, 6.45) is 1.43. The highest BCUT2D eigenvalue weighted by molar-refractivity contribution is 5.90. The van der Waals surface area contributed by atoms with Gasteiger partial charge in [-0.05, 0) is 12.8 Å². The van der Waals surface area contributed by atoms with Gasteiger partial charge in [0, 0.05) is 25.6 Å². The fourth-order valence-corrected chi connectivity index (χ4v) is 3.04. The van der Waals surface area contributed by atoms with Crippen molar-refractivity contribution in [2.75, 3.05) is 26.8 Å². The summed E-state index contributed by atoms with van der Waals surface area (Å²) in [5.74, 6) is -0.278. The fraction of sp³-hybridized carbons (Fsp3) is 0.786. The van der Waals surface area contributed by atoms with Crippen molar-refractivity contribution in [1.82, 2.24) is 19.7 Å². The second-order valence-corrected chi connectivity index (χ2v) is 5.83. The maximum absolute atomic E-state index is 12.4. The lowest BCUT2D eigenvalue weighted by Gasteiger charge is -2.44. The number of hydrogen-bond acceptors (Lipinski definition) is 6. The van der Waals surface area contributed by atoms with Crippen LogP contribution in [-0.4, -0.2) is 68.7 Å². The third-order valence-electron chi connectivity index (χ3n) is 4.43. The van der Waals surface area contributed by atoms with E-state index in [2.05, 4.69) is 10.1 Å². The van der Waals surface area contributed by atoms with Crippen molar-refractivity contribution in [3.05, 3.63) is 5.82 Å². The zero-order chi connectivity index (χ0) is 16.3. The van der Waals surface area contributed by atoms with Crippen LogP contribution in [0.15, 0.2) is 0 Å². The van der Waals surface area contributed by atoms with Crippen molar-refractivity contribution in [3.8, 4) is 6.01 Å². The van der Waals surface area contributed by atoms with Gasteiger partial charge in [0.1, 0.15) is 0 Å². The minimum Gasteiger partial charge on any atom is -0.467 e. The SMILES string of the molecule is CCC[C@]1(CO)CCN(C(=O)c2nc(OC)n(C)n2)C[C@@H]1O. The highest BCUT2D eigenvalue weighted by Crippen LogP contribution is 2.36. The maximum Gasteiger partial charge on any atom is 0.314 e. The second-order valence-electron chi connectivity index (χ2n) is 5.83. The number of methoxy groups -OCH3 is 1. The van der Waals surface area contributed by atoms with Gasteiger partial charge >= 0.3 is 6.01 Å². The summed E-state index contributed by atoms with van der Waals surface area (Å²) in [7, 11) is 3.11. The first kappa shape index (κ1) is 16.7. The molecule has 0 aromatic carbocycles. The number of carbonyl (C=O) groups excluding carboxylic acids is 1. The number of aliphatic hydroxyl groups is 2. The number of piperidine rings is 1. The Labute approximate surface area is 129 Å². The molecule has 1 saturated heterocycles. The predicted molar refractivity (Wildman–Crippen MR) is 78.5 cm³/mol. The van der Waals surface area contributed by atoms with Gasteiger partial charge in [-0.3, -0.25) is 4.79 Å². The van der Waals surface area contributed by atoms with E-state index in [1.165, 1.54) is 16.7 Å². The molecule has 0 spiro atoms. The number of amides is 1. The van der Waals surface area contributed by atoms with E-state index in [-0.39, 0.29) is 30.9 Å². The Morgan fingerprint density at radius 2 is 2.27 bits per heavy atom. The zero-order valence-corrected chi connectivity index (χ0v) is 13.3. The summed E-state index contributed by atoms with van der Waals surface area (Å²) in [4.78, 5) is 18.0. The Morgan fingerprint density at radius 3 is 2.77 bits per heavy atom. The third-order valence-corrected chi connectivity index (χ3v) is 4.43. The van der Waals surface area contributed by atoms with Crippen molar-refractivity contribution in [1.29, 1.82) is 0 Å². The smallest absolute Gasteiger partial charge is 0.314 e. The summed E-state index contributed by atoms with van der Waals surface area (Å²) in [6, 6.07) is 0.261. The van der Waals surface area contributed by atoms with Gasteiger partial charge in [0.05, 0.1) is 19.8 Å². The van der Waals surface area contributed by atoms with Crippen LogP contribution in [0.1, 0.15) is 36.8 Å². The Balaban J connectivity index is 2.10. The molecular weight excluding hydrogens is 288 g/mol. The second kappa shape index (κ2) is 6.62. The standard InChI is InChI=1S/C14H24N4O4/c1-4-5-14(9-19)6-7-18(8-10(14)20)12(21)11-15-13(22-3)17(2)16-11/h10,19-20H,4-9H2,1-3H3/t10-,14+/m0/s1. The first-order valence-electron chi connectivity index (χ1n) is 7.50. The van der Waals surface area contributed by atoms with E-state index < -0.39 is 11.5 Å². The monoisotopic (exact) mass is 312 g/mol. The summed E-state index contributed by atoms with van der Waals surface area (Å²) < 4.78 is 6.39. The van der Waals surface area contributed by atoms with E-state index in [0.717, 1.165) is 12.8 Å². The molecule has 2 atom stereocenters. The lowest BCUT2D eigenvalue weighted by atomic mass is 9.73. The molecule has 22 heavy (non-hydrogen) atoms. The average molecular weight is 312 g/mol. The maximum atomic E-state index is 12.4. The molecule has 1 aromatic heterocycles. The fourth-order valence-electron chi connectivity index (χ4n) is 3.04. The number of β-amino-alcohol motifs (C(OH)–C–C–N with tert-alkyl or cyclic N) is 1. The molecule has 1 fully saturated rings. The Bertz CT molecular complexity index is 533. The van der Waals surface area contributed by atoms with E-state index in [1.807, 2.05) is 6.92 Å². The minimum atomic E-state index is -0.749. The quantitative estimate of drug-likeness (QED) is 0.781. The van der Waals surface area contributed by atoms with Crippen molar-refractivity contribution >= 4 is 5.91 Å². The molecule has 2 rings (SSSR count). The van der Waals surface area contributed by atoms with Gasteiger partial charge < -0.3 is 19.8 Å². The molecule has 8 heteroatoms. The molecule has 0 aliphatic carbocycles. The molecule has 0 bridgehead atoms. The van der Waals surface area contributed by atoms with Crippen LogP contribution in [0.5, 0.6) is 6.01 Å². The number of likely N-dealkylation sites (tertiary alicyclic amines) is 1. The molecule has 1 aliphatic rings. The minimum absolute atomic E-state index is 0.0542. The zero-order valence-electron chi connectivity index (χ0n) is 13.3. The van der Waals surface area contributed by atoms with Gasteiger partial charge in [0.2, 0.25) is 5.82 Å². The largest absolute Gasteiger partial charge is 0.467 e. The Morgan fingerprint density at radius 1 is 1.55 bits per heavy atom. The lowest BCUT2D eigenvalue weighted by Crippen LogP contribution is -2.54. The van der Waals surface area contributed by atoms with E-state index in [9.17, 15) is 15.0 Å². The topological polar surface area (TPSA) is 101 Å². The average Bonchev–Trinajstić information content (AvgIpc) is 2.89. The number of aryl methyl sites for hydroxylation is 1. The van der Waals surface area contributed by atoms with Gasteiger partial charge in [-0.25, -0.2) is 4.68 Å². The van der Waals surface area contributed by atoms with Crippen LogP contribution in [0.4, 0.5) is 0 Å². The van der Waals surface area contributed by atoms with Gasteiger partial charge in [0.25, 0.3) is 5.91 Å². The third kappa shape index (κ3) is 2.93. The van der Waals surface area contributed by atoms with Crippen LogP contribution < -0.4 is 4.74 Å². The van der Waals surface area contributed by atoms with E-state index in [0.29, 0.717) is 13.0 Å². The molecule has 1 aliphatic heterocycles. The van der Waals surface area contributed by atoms with Crippen molar-refractivity contribution < 1.29 is 19.7 Å². The van der Waals surface area contributed by atoms with Crippen LogP contribution in [0.3, 0.4) is 0 Å². The van der Waals surface area contributed by atoms with Crippen molar-refractivity contribution in [2.24, 2.45) is 12.5 Å². The highest BCUT2D eigenvalue weighted by atomic mass is 16.5. The molecule has 0 saturated carbocycles. The summed E-state index contributed by atoms with van der Waals surface area (Å²) in [5.41, 5.74) is -0.513. The van der Waals surface area contributed by atoms with Crippen LogP contribution in [0.25, 0.3) is 0 Å². The van der Waals surface area contributed by atoms with Gasteiger partial charge in [-0.15, -0.1) is 5.10 Å². The van der Waals surface area contributed by atoms with Gasteiger partial charge in [0.15, 0.2) is 0 Å². The Hall–Kier alpha value is -1.67. The van der Waals surface area contributed by atoms with Crippen LogP contribution in [-0.2, 0) is 7.05 Å².